The minimum Gasteiger partial charge on any atom is -0.412 e. The summed E-state index contributed by atoms with van der Waals surface area (Å²) in [5.41, 5.74) is 4.50. The molecule has 2 nitrogen and oxygen atoms in total. The summed E-state index contributed by atoms with van der Waals surface area (Å²) in [6.45, 7) is 9.17. The first-order valence-electron chi connectivity index (χ1n) is 4.70. The second-order valence-corrected chi connectivity index (χ2v) is 3.72. The molecule has 0 saturated heterocycles. The van der Waals surface area contributed by atoms with Crippen LogP contribution in [0.2, 0.25) is 0 Å². The van der Waals surface area contributed by atoms with Crippen molar-refractivity contribution in [3.63, 3.8) is 0 Å². The molecule has 4 N–H and O–H groups in total. The monoisotopic (exact) mass is 177 g/mol. The molecular formula is C10H27NO. The molecule has 0 heterocycles. The van der Waals surface area contributed by atoms with Gasteiger partial charge in [0.25, 0.3) is 0 Å². The summed E-state index contributed by atoms with van der Waals surface area (Å²) >= 11 is 0. The lowest BCUT2D eigenvalue weighted by Crippen LogP contribution is -1.90. The van der Waals surface area contributed by atoms with Gasteiger partial charge < -0.3 is 11.2 Å². The van der Waals surface area contributed by atoms with Crippen molar-refractivity contribution in [3.8, 4) is 0 Å². The van der Waals surface area contributed by atoms with Crippen LogP contribution in [0.15, 0.2) is 0 Å². The van der Waals surface area contributed by atoms with E-state index in [9.17, 15) is 0 Å². The van der Waals surface area contributed by atoms with E-state index in [-0.39, 0.29) is 5.48 Å². The van der Waals surface area contributed by atoms with Crippen LogP contribution in [0.25, 0.3) is 0 Å². The lowest BCUT2D eigenvalue weighted by atomic mass is 10.0. The molecule has 0 amide bonds. The van der Waals surface area contributed by atoms with Crippen LogP contribution in [0, 0.1) is 11.8 Å². The molecule has 0 atom stereocenters. The Morgan fingerprint density at radius 1 is 0.833 bits per heavy atom. The molecule has 12 heavy (non-hydrogen) atoms. The molecule has 0 spiro atoms. The zero-order valence-corrected chi connectivity index (χ0v) is 9.35. The first kappa shape index (κ1) is 17.9. The van der Waals surface area contributed by atoms with Gasteiger partial charge in [-0.2, -0.15) is 0 Å². The maximum Gasteiger partial charge on any atom is -0.0195 e. The van der Waals surface area contributed by atoms with Crippen molar-refractivity contribution in [3.05, 3.63) is 0 Å². The Labute approximate surface area is 77.9 Å². The number of hydrogen-bond acceptors (Lipinski definition) is 1. The van der Waals surface area contributed by atoms with Crippen LogP contribution in [0.5, 0.6) is 0 Å². The highest BCUT2D eigenvalue weighted by atomic mass is 16.0. The SMILES string of the molecule is CC(C)CCCC(C)C.CN.O. The third-order valence-electron chi connectivity index (χ3n) is 1.56. The molecule has 0 aliphatic carbocycles. The predicted molar refractivity (Wildman–Crippen MR) is 57.3 cm³/mol. The minimum atomic E-state index is 0. The van der Waals surface area contributed by atoms with Gasteiger partial charge in [0.1, 0.15) is 0 Å². The van der Waals surface area contributed by atoms with Crippen LogP contribution >= 0.6 is 0 Å². The Bertz CT molecular complexity index is 54.9. The molecule has 0 aromatic heterocycles. The maximum atomic E-state index is 4.50. The summed E-state index contributed by atoms with van der Waals surface area (Å²) in [4.78, 5) is 0. The normalized spacial score (nSPS) is 9.00. The summed E-state index contributed by atoms with van der Waals surface area (Å²) in [5, 5.41) is 0. The first-order chi connectivity index (χ1) is 5.13. The van der Waals surface area contributed by atoms with E-state index < -0.39 is 0 Å². The largest absolute Gasteiger partial charge is 0.412 e. The molecule has 0 aromatic carbocycles. The highest BCUT2D eigenvalue weighted by Crippen LogP contribution is 2.10. The summed E-state index contributed by atoms with van der Waals surface area (Å²) in [7, 11) is 1.50. The van der Waals surface area contributed by atoms with Crippen LogP contribution < -0.4 is 5.73 Å². The minimum absolute atomic E-state index is 0. The van der Waals surface area contributed by atoms with E-state index in [2.05, 4.69) is 33.4 Å². The lowest BCUT2D eigenvalue weighted by Gasteiger charge is -2.05. The van der Waals surface area contributed by atoms with E-state index in [1.165, 1.54) is 26.3 Å². The molecule has 0 bridgehead atoms. The molecule has 0 aromatic rings. The van der Waals surface area contributed by atoms with Crippen LogP contribution in [0.1, 0.15) is 47.0 Å². The van der Waals surface area contributed by atoms with Crippen LogP contribution in [-0.2, 0) is 0 Å². The summed E-state index contributed by atoms with van der Waals surface area (Å²) in [6.07, 6.45) is 4.21. The van der Waals surface area contributed by atoms with E-state index in [0.29, 0.717) is 0 Å². The van der Waals surface area contributed by atoms with E-state index in [0.717, 1.165) is 11.8 Å². The fourth-order valence-corrected chi connectivity index (χ4v) is 0.934. The van der Waals surface area contributed by atoms with Gasteiger partial charge in [0.05, 0.1) is 0 Å². The van der Waals surface area contributed by atoms with Gasteiger partial charge in [-0.15, -0.1) is 0 Å². The Balaban J connectivity index is -0.000000249. The van der Waals surface area contributed by atoms with Crippen molar-refractivity contribution in [2.75, 3.05) is 7.05 Å². The standard InChI is InChI=1S/C9H20.CH5N.H2O/c1-8(2)6-5-7-9(3)4;1-2;/h8-9H,5-7H2,1-4H3;2H2,1H3;1H2. The molecule has 0 radical (unpaired) electrons. The molecule has 0 aliphatic rings. The van der Waals surface area contributed by atoms with Crippen molar-refractivity contribution >= 4 is 0 Å². The van der Waals surface area contributed by atoms with Crippen LogP contribution in [-0.4, -0.2) is 12.5 Å². The van der Waals surface area contributed by atoms with E-state index in [4.69, 9.17) is 0 Å². The van der Waals surface area contributed by atoms with E-state index in [1.807, 2.05) is 0 Å². The zero-order chi connectivity index (χ0) is 9.28. The topological polar surface area (TPSA) is 57.5 Å². The van der Waals surface area contributed by atoms with Crippen molar-refractivity contribution < 1.29 is 5.48 Å². The molecule has 0 rings (SSSR count). The summed E-state index contributed by atoms with van der Waals surface area (Å²) in [6, 6.07) is 0. The number of rotatable bonds is 4. The van der Waals surface area contributed by atoms with Crippen LogP contribution in [0.4, 0.5) is 0 Å². The van der Waals surface area contributed by atoms with Crippen molar-refractivity contribution in [2.24, 2.45) is 17.6 Å². The van der Waals surface area contributed by atoms with Crippen molar-refractivity contribution in [1.29, 1.82) is 0 Å². The van der Waals surface area contributed by atoms with E-state index >= 15 is 0 Å². The molecule has 78 valence electrons. The van der Waals surface area contributed by atoms with Gasteiger partial charge in [0.2, 0.25) is 0 Å². The van der Waals surface area contributed by atoms with Crippen molar-refractivity contribution in [2.45, 2.75) is 47.0 Å². The molecule has 0 unspecified atom stereocenters. The Morgan fingerprint density at radius 3 is 1.25 bits per heavy atom. The van der Waals surface area contributed by atoms with E-state index in [1.54, 1.807) is 0 Å². The summed E-state index contributed by atoms with van der Waals surface area (Å²) < 4.78 is 0. The highest BCUT2D eigenvalue weighted by molar-refractivity contribution is 4.49. The Morgan fingerprint density at radius 2 is 1.08 bits per heavy atom. The molecule has 0 fully saturated rings. The van der Waals surface area contributed by atoms with Gasteiger partial charge in [-0.25, -0.2) is 0 Å². The number of hydrogen-bond donors (Lipinski definition) is 1. The summed E-state index contributed by atoms with van der Waals surface area (Å²) in [5.74, 6) is 1.78. The third kappa shape index (κ3) is 22.5. The number of nitrogens with two attached hydrogens (primary N) is 1. The first-order valence-corrected chi connectivity index (χ1v) is 4.70. The molecule has 2 heteroatoms. The lowest BCUT2D eigenvalue weighted by molar-refractivity contribution is 0.480. The second kappa shape index (κ2) is 13.5. The highest BCUT2D eigenvalue weighted by Gasteiger charge is 1.95. The zero-order valence-electron chi connectivity index (χ0n) is 9.35. The van der Waals surface area contributed by atoms with Crippen molar-refractivity contribution in [1.82, 2.24) is 0 Å². The molecule has 0 saturated carbocycles. The average Bonchev–Trinajstić information content (AvgIpc) is 1.90. The van der Waals surface area contributed by atoms with Gasteiger partial charge in [-0.05, 0) is 18.9 Å². The third-order valence-corrected chi connectivity index (χ3v) is 1.56. The fourth-order valence-electron chi connectivity index (χ4n) is 0.934. The van der Waals surface area contributed by atoms with Crippen LogP contribution in [0.3, 0.4) is 0 Å². The molecule has 0 aliphatic heterocycles. The Hall–Kier alpha value is -0.0800. The smallest absolute Gasteiger partial charge is 0.0195 e. The van der Waals surface area contributed by atoms with Gasteiger partial charge in [-0.1, -0.05) is 47.0 Å². The quantitative estimate of drug-likeness (QED) is 0.703. The fraction of sp³-hybridized carbons (Fsp3) is 1.00. The second-order valence-electron chi connectivity index (χ2n) is 3.72. The van der Waals surface area contributed by atoms with Gasteiger partial charge in [0, 0.05) is 0 Å². The maximum absolute atomic E-state index is 4.50. The average molecular weight is 177 g/mol. The van der Waals surface area contributed by atoms with Gasteiger partial charge in [-0.3, -0.25) is 0 Å². The predicted octanol–water partition coefficient (Wildman–Crippen LogP) is 2.22. The van der Waals surface area contributed by atoms with Gasteiger partial charge in [0.15, 0.2) is 0 Å². The Kier molecular flexibility index (Phi) is 20.1. The molecular weight excluding hydrogens is 150 g/mol. The van der Waals surface area contributed by atoms with Gasteiger partial charge >= 0.3 is 0 Å².